The SMILES string of the molecule is COc1ccc(C)cc1N=Nc1c(C(C)(C)C)nc2ccc(C)cn12. The third-order valence-corrected chi connectivity index (χ3v) is 4.04. The normalized spacial score (nSPS) is 12.2. The molecule has 0 bridgehead atoms. The Morgan fingerprint density at radius 2 is 1.72 bits per heavy atom. The summed E-state index contributed by atoms with van der Waals surface area (Å²) in [7, 11) is 1.64. The molecule has 0 spiro atoms. The highest BCUT2D eigenvalue weighted by molar-refractivity contribution is 5.56. The number of methoxy groups -OCH3 is 1. The maximum absolute atomic E-state index is 5.40. The van der Waals surface area contributed by atoms with Crippen molar-refractivity contribution in [2.75, 3.05) is 7.11 Å². The molecule has 130 valence electrons. The molecule has 2 heterocycles. The fraction of sp³-hybridized carbons (Fsp3) is 0.350. The Hall–Kier alpha value is -2.69. The van der Waals surface area contributed by atoms with Crippen LogP contribution in [-0.4, -0.2) is 16.5 Å². The molecule has 0 amide bonds. The van der Waals surface area contributed by atoms with Gasteiger partial charge in [0.25, 0.3) is 0 Å². The van der Waals surface area contributed by atoms with Crippen LogP contribution in [0.25, 0.3) is 5.65 Å². The van der Waals surface area contributed by atoms with E-state index >= 15 is 0 Å². The lowest BCUT2D eigenvalue weighted by Gasteiger charge is -2.15. The minimum atomic E-state index is -0.134. The minimum Gasteiger partial charge on any atom is -0.494 e. The van der Waals surface area contributed by atoms with Crippen LogP contribution in [0.1, 0.15) is 37.6 Å². The van der Waals surface area contributed by atoms with E-state index in [4.69, 9.17) is 9.72 Å². The lowest BCUT2D eigenvalue weighted by molar-refractivity contribution is 0.415. The zero-order valence-electron chi connectivity index (χ0n) is 15.7. The number of rotatable bonds is 3. The third-order valence-electron chi connectivity index (χ3n) is 4.04. The summed E-state index contributed by atoms with van der Waals surface area (Å²) in [6.07, 6.45) is 2.04. The van der Waals surface area contributed by atoms with Gasteiger partial charge in [-0.05, 0) is 43.2 Å². The van der Waals surface area contributed by atoms with Gasteiger partial charge >= 0.3 is 0 Å². The Bertz CT molecular complexity index is 948. The van der Waals surface area contributed by atoms with Crippen LogP contribution < -0.4 is 4.74 Å². The summed E-state index contributed by atoms with van der Waals surface area (Å²) >= 11 is 0. The van der Waals surface area contributed by atoms with Gasteiger partial charge in [0.1, 0.15) is 17.1 Å². The van der Waals surface area contributed by atoms with Gasteiger partial charge in [0, 0.05) is 11.6 Å². The van der Waals surface area contributed by atoms with Gasteiger partial charge in [0.2, 0.25) is 0 Å². The van der Waals surface area contributed by atoms with E-state index in [1.807, 2.05) is 41.8 Å². The molecule has 0 saturated carbocycles. The molecule has 0 radical (unpaired) electrons. The number of aryl methyl sites for hydroxylation is 2. The zero-order chi connectivity index (χ0) is 18.2. The smallest absolute Gasteiger partial charge is 0.183 e. The molecule has 0 atom stereocenters. The predicted molar refractivity (Wildman–Crippen MR) is 101 cm³/mol. The molecule has 1 aromatic carbocycles. The van der Waals surface area contributed by atoms with Gasteiger partial charge in [-0.1, -0.05) is 32.9 Å². The van der Waals surface area contributed by atoms with Crippen molar-refractivity contribution in [2.24, 2.45) is 10.2 Å². The molecular weight excluding hydrogens is 312 g/mol. The van der Waals surface area contributed by atoms with Crippen molar-refractivity contribution < 1.29 is 4.74 Å². The van der Waals surface area contributed by atoms with Crippen molar-refractivity contribution >= 4 is 17.2 Å². The van der Waals surface area contributed by atoms with Crippen molar-refractivity contribution in [1.29, 1.82) is 0 Å². The number of ether oxygens (including phenoxy) is 1. The van der Waals surface area contributed by atoms with Crippen molar-refractivity contribution in [1.82, 2.24) is 9.38 Å². The molecule has 0 unspecified atom stereocenters. The van der Waals surface area contributed by atoms with E-state index in [-0.39, 0.29) is 5.41 Å². The lowest BCUT2D eigenvalue weighted by Crippen LogP contribution is -2.11. The minimum absolute atomic E-state index is 0.134. The number of benzene rings is 1. The number of azo groups is 1. The molecule has 5 nitrogen and oxygen atoms in total. The van der Waals surface area contributed by atoms with E-state index in [9.17, 15) is 0 Å². The molecule has 0 N–H and O–H groups in total. The molecule has 0 aliphatic rings. The third kappa shape index (κ3) is 3.40. The van der Waals surface area contributed by atoms with Crippen molar-refractivity contribution in [3.8, 4) is 5.75 Å². The van der Waals surface area contributed by atoms with Crippen LogP contribution in [0.15, 0.2) is 46.8 Å². The number of hydrogen-bond acceptors (Lipinski definition) is 4. The van der Waals surface area contributed by atoms with Gasteiger partial charge in [0.15, 0.2) is 5.82 Å². The van der Waals surface area contributed by atoms with E-state index in [1.54, 1.807) is 7.11 Å². The summed E-state index contributed by atoms with van der Waals surface area (Å²) in [6, 6.07) is 9.94. The molecule has 0 saturated heterocycles. The van der Waals surface area contributed by atoms with E-state index in [0.717, 1.165) is 28.3 Å². The largest absolute Gasteiger partial charge is 0.494 e. The molecule has 2 aromatic heterocycles. The Morgan fingerprint density at radius 1 is 1.00 bits per heavy atom. The summed E-state index contributed by atoms with van der Waals surface area (Å²) in [5.41, 5.74) is 4.64. The second kappa shape index (κ2) is 6.31. The fourth-order valence-electron chi connectivity index (χ4n) is 2.72. The lowest BCUT2D eigenvalue weighted by atomic mass is 9.92. The van der Waals surface area contributed by atoms with Crippen molar-refractivity contribution in [3.63, 3.8) is 0 Å². The van der Waals surface area contributed by atoms with Crippen LogP contribution in [0.5, 0.6) is 5.75 Å². The molecule has 0 fully saturated rings. The second-order valence-electron chi connectivity index (χ2n) is 7.34. The number of fused-ring (bicyclic) bond motifs is 1. The highest BCUT2D eigenvalue weighted by Crippen LogP contribution is 2.35. The highest BCUT2D eigenvalue weighted by Gasteiger charge is 2.24. The average Bonchev–Trinajstić information content (AvgIpc) is 2.91. The van der Waals surface area contributed by atoms with Crippen LogP contribution in [0, 0.1) is 13.8 Å². The van der Waals surface area contributed by atoms with Gasteiger partial charge in [-0.15, -0.1) is 10.2 Å². The predicted octanol–water partition coefficient (Wildman–Crippen LogP) is 5.67. The van der Waals surface area contributed by atoms with E-state index < -0.39 is 0 Å². The first-order chi connectivity index (χ1) is 11.8. The van der Waals surface area contributed by atoms with Crippen LogP contribution >= 0.6 is 0 Å². The Balaban J connectivity index is 2.18. The first kappa shape index (κ1) is 17.1. The van der Waals surface area contributed by atoms with Gasteiger partial charge in [0.05, 0.1) is 12.8 Å². The topological polar surface area (TPSA) is 51.2 Å². The molecular formula is C20H24N4O. The zero-order valence-corrected chi connectivity index (χ0v) is 15.7. The number of nitrogens with zero attached hydrogens (tertiary/aromatic N) is 4. The molecule has 0 aliphatic heterocycles. The first-order valence-electron chi connectivity index (χ1n) is 8.35. The van der Waals surface area contributed by atoms with Crippen LogP contribution in [0.3, 0.4) is 0 Å². The van der Waals surface area contributed by atoms with Crippen molar-refractivity contribution in [2.45, 2.75) is 40.0 Å². The summed E-state index contributed by atoms with van der Waals surface area (Å²) < 4.78 is 7.40. The monoisotopic (exact) mass is 336 g/mol. The summed E-state index contributed by atoms with van der Waals surface area (Å²) in [4.78, 5) is 4.78. The summed E-state index contributed by atoms with van der Waals surface area (Å²) in [5, 5.41) is 9.04. The Kier molecular flexibility index (Phi) is 4.33. The highest BCUT2D eigenvalue weighted by atomic mass is 16.5. The van der Waals surface area contributed by atoms with Gasteiger partial charge in [-0.2, -0.15) is 0 Å². The molecule has 5 heteroatoms. The van der Waals surface area contributed by atoms with Crippen LogP contribution in [0.4, 0.5) is 11.5 Å². The molecule has 25 heavy (non-hydrogen) atoms. The molecule has 3 aromatic rings. The first-order valence-corrected chi connectivity index (χ1v) is 8.35. The summed E-state index contributed by atoms with van der Waals surface area (Å²) in [6.45, 7) is 10.5. The van der Waals surface area contributed by atoms with Gasteiger partial charge < -0.3 is 4.74 Å². The quantitative estimate of drug-likeness (QED) is 0.578. The van der Waals surface area contributed by atoms with Gasteiger partial charge in [-0.3, -0.25) is 4.40 Å². The van der Waals surface area contributed by atoms with Crippen LogP contribution in [0.2, 0.25) is 0 Å². The summed E-state index contributed by atoms with van der Waals surface area (Å²) in [5.74, 6) is 1.46. The van der Waals surface area contributed by atoms with Crippen LogP contribution in [-0.2, 0) is 5.41 Å². The Labute approximate surface area is 148 Å². The number of aromatic nitrogens is 2. The van der Waals surface area contributed by atoms with E-state index in [2.05, 4.69) is 44.0 Å². The average molecular weight is 336 g/mol. The molecule has 0 aliphatic carbocycles. The van der Waals surface area contributed by atoms with E-state index in [1.165, 1.54) is 0 Å². The number of imidazole rings is 1. The van der Waals surface area contributed by atoms with Crippen molar-refractivity contribution in [3.05, 3.63) is 53.3 Å². The number of pyridine rings is 1. The Morgan fingerprint density at radius 3 is 2.40 bits per heavy atom. The fourth-order valence-corrected chi connectivity index (χ4v) is 2.72. The second-order valence-corrected chi connectivity index (χ2v) is 7.34. The molecule has 3 rings (SSSR count). The number of hydrogen-bond donors (Lipinski definition) is 0. The van der Waals surface area contributed by atoms with E-state index in [0.29, 0.717) is 11.4 Å². The maximum atomic E-state index is 5.40. The van der Waals surface area contributed by atoms with Gasteiger partial charge in [-0.25, -0.2) is 4.98 Å². The maximum Gasteiger partial charge on any atom is 0.183 e. The standard InChI is InChI=1S/C20H24N4O/c1-13-7-9-16(25-6)15(11-13)22-23-19-18(20(3,4)5)21-17-10-8-14(2)12-24(17)19/h7-12H,1-6H3.